The number of unbranched alkanes of at least 4 members (excludes halogenated alkanes) is 1. The van der Waals surface area contributed by atoms with Crippen molar-refractivity contribution in [3.05, 3.63) is 0 Å². The van der Waals surface area contributed by atoms with E-state index in [1.165, 1.54) is 17.5 Å². The maximum atomic E-state index is 7.60. The monoisotopic (exact) mass is 470 g/mol. The van der Waals surface area contributed by atoms with E-state index < -0.39 is 16.9 Å². The van der Waals surface area contributed by atoms with Gasteiger partial charge in [0.25, 0.3) is 0 Å². The molecule has 0 bridgehead atoms. The van der Waals surface area contributed by atoms with Crippen LogP contribution in [0.3, 0.4) is 0 Å². The molecule has 5 heteroatoms. The van der Waals surface area contributed by atoms with Gasteiger partial charge in [0.1, 0.15) is 0 Å². The molecule has 0 rings (SSSR count). The van der Waals surface area contributed by atoms with Crippen LogP contribution in [0, 0.1) is 0 Å². The standard InChI is InChI=1S/3C4H10N.C4H9.H2N.Ta/c3*1-3-5-4-2;1-3-4-2;;/h3*3-4H2,1-2H3;1,3-4H2,2H3;1H2;/q3*-1;;-1;+4. The molecule has 0 heterocycles. The molecular weight excluding hydrogens is 429 g/mol. The number of nitrogens with zero attached hydrogens (tertiary/aromatic N) is 3. The number of hydrogen-bond donors (Lipinski definition) is 1. The first-order valence-corrected chi connectivity index (χ1v) is 17.5. The second-order valence-electron chi connectivity index (χ2n) is 5.72. The van der Waals surface area contributed by atoms with Gasteiger partial charge in [-0.15, -0.1) is 0 Å². The topological polar surface area (TPSA) is 35.7 Å². The molecule has 0 aliphatic rings. The third kappa shape index (κ3) is 3.92. The predicted octanol–water partition coefficient (Wildman–Crippen LogP) is 3.54. The van der Waals surface area contributed by atoms with E-state index in [-0.39, 0.29) is 0 Å². The fourth-order valence-corrected chi connectivity index (χ4v) is 27.4. The summed E-state index contributed by atoms with van der Waals surface area (Å²) in [6.07, 6.45) is 2.47. The van der Waals surface area contributed by atoms with Crippen LogP contribution < -0.4 is 4.14 Å². The third-order valence-electron chi connectivity index (χ3n) is 4.98. The second-order valence-corrected chi connectivity index (χ2v) is 22.2. The van der Waals surface area contributed by atoms with Crippen molar-refractivity contribution in [2.75, 3.05) is 39.3 Å². The summed E-state index contributed by atoms with van der Waals surface area (Å²) in [4.78, 5) is 0. The molecule has 0 amide bonds. The molecule has 0 saturated heterocycles. The van der Waals surface area contributed by atoms with E-state index in [0.29, 0.717) is 0 Å². The number of rotatable bonds is 12. The molecule has 0 spiro atoms. The van der Waals surface area contributed by atoms with Crippen LogP contribution in [0.4, 0.5) is 0 Å². The van der Waals surface area contributed by atoms with Crippen LogP contribution >= 0.6 is 0 Å². The van der Waals surface area contributed by atoms with E-state index in [4.69, 9.17) is 4.14 Å². The Balaban J connectivity index is 6.15. The number of nitrogens with two attached hydrogens (primary N) is 1. The minimum absolute atomic E-state index is 1.07. The summed E-state index contributed by atoms with van der Waals surface area (Å²) in [6.45, 7) is 22.4. The maximum absolute atomic E-state index is 7.60. The Bertz CT molecular complexity index is 239. The van der Waals surface area contributed by atoms with Crippen molar-refractivity contribution in [2.45, 2.75) is 65.9 Å². The molecule has 0 radical (unpaired) electrons. The van der Waals surface area contributed by atoms with Gasteiger partial charge in [-0.05, 0) is 0 Å². The van der Waals surface area contributed by atoms with Crippen LogP contribution in [0.5, 0.6) is 0 Å². The van der Waals surface area contributed by atoms with Crippen LogP contribution in [0.1, 0.15) is 61.3 Å². The quantitative estimate of drug-likeness (QED) is 0.474. The van der Waals surface area contributed by atoms with E-state index in [2.05, 4.69) is 58.4 Å². The zero-order chi connectivity index (χ0) is 16.5. The van der Waals surface area contributed by atoms with Crippen LogP contribution in [0.15, 0.2) is 0 Å². The molecule has 21 heavy (non-hydrogen) atoms. The Morgan fingerprint density at radius 2 is 0.905 bits per heavy atom. The van der Waals surface area contributed by atoms with E-state index in [1.54, 1.807) is 0 Å². The molecule has 0 fully saturated rings. The van der Waals surface area contributed by atoms with E-state index in [1.807, 2.05) is 0 Å². The van der Waals surface area contributed by atoms with Gasteiger partial charge in [0.15, 0.2) is 0 Å². The summed E-state index contributed by atoms with van der Waals surface area (Å²) in [5.41, 5.74) is 0. The Kier molecular flexibility index (Phi) is 9.93. The molecule has 0 aromatic rings. The van der Waals surface area contributed by atoms with Gasteiger partial charge < -0.3 is 0 Å². The van der Waals surface area contributed by atoms with Gasteiger partial charge in [0.2, 0.25) is 0 Å². The van der Waals surface area contributed by atoms with E-state index >= 15 is 0 Å². The third-order valence-corrected chi connectivity index (χ3v) is 28.6. The molecule has 4 nitrogen and oxygen atoms in total. The Morgan fingerprint density at radius 1 is 0.619 bits per heavy atom. The summed E-state index contributed by atoms with van der Waals surface area (Å²) in [7, 11) is 0. The molecule has 0 unspecified atom stereocenters. The molecule has 0 saturated carbocycles. The molecule has 0 aromatic heterocycles. The first-order chi connectivity index (χ1) is 9.94. The van der Waals surface area contributed by atoms with Gasteiger partial charge in [-0.1, -0.05) is 0 Å². The molecule has 0 aliphatic carbocycles. The van der Waals surface area contributed by atoms with Gasteiger partial charge >= 0.3 is 136 Å². The van der Waals surface area contributed by atoms with Crippen molar-refractivity contribution in [3.8, 4) is 0 Å². The zero-order valence-corrected chi connectivity index (χ0v) is 18.9. The van der Waals surface area contributed by atoms with Crippen molar-refractivity contribution in [1.29, 1.82) is 0 Å². The molecule has 130 valence electrons. The van der Waals surface area contributed by atoms with E-state index in [9.17, 15) is 0 Å². The van der Waals surface area contributed by atoms with Crippen molar-refractivity contribution in [3.63, 3.8) is 0 Å². The van der Waals surface area contributed by atoms with Crippen LogP contribution in [-0.2, 0) is 16.9 Å². The van der Waals surface area contributed by atoms with Crippen molar-refractivity contribution in [2.24, 2.45) is 4.14 Å². The summed E-state index contributed by atoms with van der Waals surface area (Å²) >= 11 is -3.87. The molecule has 0 atom stereocenters. The van der Waals surface area contributed by atoms with Crippen LogP contribution in [0.25, 0.3) is 0 Å². The van der Waals surface area contributed by atoms with Gasteiger partial charge in [-0.25, -0.2) is 0 Å². The van der Waals surface area contributed by atoms with Crippen LogP contribution in [0.2, 0.25) is 4.64 Å². The molecular formula is C16H41N4Ta. The molecule has 0 aliphatic heterocycles. The Labute approximate surface area is 136 Å². The normalized spacial score (nSPS) is 14.9. The first-order valence-electron chi connectivity index (χ1n) is 9.02. The summed E-state index contributed by atoms with van der Waals surface area (Å²) < 4.78 is 16.8. The van der Waals surface area contributed by atoms with Crippen molar-refractivity contribution < 1.29 is 16.9 Å². The average Bonchev–Trinajstić information content (AvgIpc) is 2.49. The first kappa shape index (κ1) is 21.6. The van der Waals surface area contributed by atoms with Gasteiger partial charge in [0.05, 0.1) is 0 Å². The SMILES string of the molecule is CCC[CH2][Ta]([NH2])([N](CC)CC)([N](CC)CC)[N](CC)CC. The van der Waals surface area contributed by atoms with E-state index in [0.717, 1.165) is 39.3 Å². The summed E-state index contributed by atoms with van der Waals surface area (Å²) in [5, 5.41) is 0. The fraction of sp³-hybridized carbons (Fsp3) is 1.00. The van der Waals surface area contributed by atoms with Crippen LogP contribution in [-0.4, -0.2) is 49.2 Å². The van der Waals surface area contributed by atoms with Gasteiger partial charge in [0, 0.05) is 0 Å². The minimum atomic E-state index is -3.87. The summed E-state index contributed by atoms with van der Waals surface area (Å²) in [6, 6.07) is 0. The van der Waals surface area contributed by atoms with Gasteiger partial charge in [-0.2, -0.15) is 0 Å². The van der Waals surface area contributed by atoms with Gasteiger partial charge in [-0.3, -0.25) is 0 Å². The van der Waals surface area contributed by atoms with Crippen molar-refractivity contribution in [1.82, 2.24) is 9.91 Å². The number of hydrogen-bond acceptors (Lipinski definition) is 4. The Morgan fingerprint density at radius 3 is 1.10 bits per heavy atom. The predicted molar refractivity (Wildman–Crippen MR) is 92.7 cm³/mol. The second kappa shape index (κ2) is 9.66. The molecule has 0 aromatic carbocycles. The zero-order valence-electron chi connectivity index (χ0n) is 15.7. The Hall–Kier alpha value is 0.580. The summed E-state index contributed by atoms with van der Waals surface area (Å²) in [5.74, 6) is 0. The molecule has 2 N–H and O–H groups in total. The average molecular weight is 470 g/mol. The fourth-order valence-electron chi connectivity index (χ4n) is 3.94. The van der Waals surface area contributed by atoms with Crippen molar-refractivity contribution >= 4 is 0 Å².